The fraction of sp³-hybridized carbons (Fsp3) is 0.375. The van der Waals surface area contributed by atoms with Crippen LogP contribution in [-0.4, -0.2) is 46.1 Å². The number of carbonyl (C=O) groups excluding carboxylic acids is 4. The Morgan fingerprint density at radius 2 is 1.78 bits per heavy atom. The highest BCUT2D eigenvalue weighted by Gasteiger charge is 2.46. The molecule has 1 aromatic rings. The minimum Gasteiger partial charge on any atom is -0.324 e. The van der Waals surface area contributed by atoms with Crippen molar-refractivity contribution >= 4 is 29.4 Å². The second-order valence-corrected chi connectivity index (χ2v) is 5.50. The van der Waals surface area contributed by atoms with E-state index in [-0.39, 0.29) is 0 Å². The first-order valence-electron chi connectivity index (χ1n) is 7.43. The Labute approximate surface area is 134 Å². The Bertz CT molecular complexity index is 669. The van der Waals surface area contributed by atoms with Gasteiger partial charge in [-0.2, -0.15) is 0 Å². The van der Waals surface area contributed by atoms with Crippen molar-refractivity contribution in [1.29, 1.82) is 0 Å². The number of nitrogens with zero attached hydrogens (tertiary/aromatic N) is 2. The first-order chi connectivity index (χ1) is 10.9. The fourth-order valence-electron chi connectivity index (χ4n) is 2.40. The van der Waals surface area contributed by atoms with Crippen molar-refractivity contribution in [2.24, 2.45) is 0 Å². The van der Waals surface area contributed by atoms with Crippen molar-refractivity contribution in [3.8, 4) is 0 Å². The predicted octanol–water partition coefficient (Wildman–Crippen LogP) is 1.39. The molecule has 7 nitrogen and oxygen atoms in total. The zero-order valence-electron chi connectivity index (χ0n) is 13.3. The summed E-state index contributed by atoms with van der Waals surface area (Å²) in [6, 6.07) is 6.08. The predicted molar refractivity (Wildman–Crippen MR) is 83.5 cm³/mol. The third-order valence-electron chi connectivity index (χ3n) is 3.57. The maximum absolute atomic E-state index is 12.1. The number of aryl methyl sites for hydroxylation is 1. The minimum absolute atomic E-state index is 0.437. The third kappa shape index (κ3) is 3.23. The van der Waals surface area contributed by atoms with Crippen LogP contribution in [0, 0.1) is 0 Å². The van der Waals surface area contributed by atoms with Gasteiger partial charge in [0.2, 0.25) is 5.91 Å². The monoisotopic (exact) mass is 317 g/mol. The highest BCUT2D eigenvalue weighted by molar-refractivity contribution is 6.45. The normalized spacial score (nSPS) is 14.9. The summed E-state index contributed by atoms with van der Waals surface area (Å²) in [5.74, 6) is -2.39. The quantitative estimate of drug-likeness (QED) is 0.656. The van der Waals surface area contributed by atoms with Crippen molar-refractivity contribution in [3.05, 3.63) is 29.8 Å². The number of urea groups is 1. The van der Waals surface area contributed by atoms with Crippen LogP contribution in [0.25, 0.3) is 0 Å². The molecule has 0 atom stereocenters. The van der Waals surface area contributed by atoms with Crippen LogP contribution in [-0.2, 0) is 20.8 Å². The molecule has 2 rings (SSSR count). The Hall–Kier alpha value is -2.70. The SMILES string of the molecule is CCc1ccccc1NC(=O)CN1C(=O)C(=O)N(C(C)C)C1=O. The first kappa shape index (κ1) is 16.7. The van der Waals surface area contributed by atoms with Crippen LogP contribution in [0.1, 0.15) is 26.3 Å². The molecule has 1 fully saturated rings. The van der Waals surface area contributed by atoms with E-state index in [1.807, 2.05) is 19.1 Å². The summed E-state index contributed by atoms with van der Waals surface area (Å²) in [5, 5.41) is 2.67. The van der Waals surface area contributed by atoms with Crippen molar-refractivity contribution in [1.82, 2.24) is 9.80 Å². The molecule has 5 amide bonds. The molecule has 0 bridgehead atoms. The van der Waals surface area contributed by atoms with Gasteiger partial charge in [0.15, 0.2) is 0 Å². The first-order valence-corrected chi connectivity index (χ1v) is 7.43. The van der Waals surface area contributed by atoms with Gasteiger partial charge >= 0.3 is 17.8 Å². The molecule has 0 aliphatic carbocycles. The number of hydrogen-bond donors (Lipinski definition) is 1. The number of benzene rings is 1. The number of para-hydroxylation sites is 1. The van der Waals surface area contributed by atoms with Crippen molar-refractivity contribution in [2.75, 3.05) is 11.9 Å². The van der Waals surface area contributed by atoms with Gasteiger partial charge in [0.25, 0.3) is 0 Å². The lowest BCUT2D eigenvalue weighted by Crippen LogP contribution is -2.40. The maximum Gasteiger partial charge on any atom is 0.334 e. The van der Waals surface area contributed by atoms with E-state index in [0.717, 1.165) is 16.9 Å². The summed E-state index contributed by atoms with van der Waals surface area (Å²) in [7, 11) is 0. The molecule has 1 aliphatic rings. The zero-order chi connectivity index (χ0) is 17.1. The van der Waals surface area contributed by atoms with Crippen LogP contribution in [0.4, 0.5) is 10.5 Å². The Morgan fingerprint density at radius 1 is 1.13 bits per heavy atom. The number of nitrogens with one attached hydrogen (secondary N) is 1. The van der Waals surface area contributed by atoms with E-state index in [1.165, 1.54) is 0 Å². The van der Waals surface area contributed by atoms with Crippen LogP contribution < -0.4 is 5.32 Å². The number of hydrogen-bond acceptors (Lipinski definition) is 4. The smallest absolute Gasteiger partial charge is 0.324 e. The molecule has 0 saturated carbocycles. The van der Waals surface area contributed by atoms with Crippen LogP contribution >= 0.6 is 0 Å². The molecule has 1 N–H and O–H groups in total. The largest absolute Gasteiger partial charge is 0.334 e. The van der Waals surface area contributed by atoms with Crippen molar-refractivity contribution < 1.29 is 19.2 Å². The summed E-state index contributed by atoms with van der Waals surface area (Å²) in [6.07, 6.45) is 0.734. The molecule has 1 saturated heterocycles. The molecule has 0 unspecified atom stereocenters. The van der Waals surface area contributed by atoms with Gasteiger partial charge in [-0.3, -0.25) is 19.3 Å². The fourth-order valence-corrected chi connectivity index (χ4v) is 2.40. The van der Waals surface area contributed by atoms with Crippen molar-refractivity contribution in [3.63, 3.8) is 0 Å². The van der Waals surface area contributed by atoms with Crippen LogP contribution in [0.15, 0.2) is 24.3 Å². The zero-order valence-corrected chi connectivity index (χ0v) is 13.3. The second kappa shape index (κ2) is 6.60. The summed E-state index contributed by atoms with van der Waals surface area (Å²) in [5.41, 5.74) is 1.57. The molecule has 122 valence electrons. The van der Waals surface area contributed by atoms with Crippen LogP contribution in [0.5, 0.6) is 0 Å². The molecule has 1 heterocycles. The van der Waals surface area contributed by atoms with Crippen molar-refractivity contribution in [2.45, 2.75) is 33.2 Å². The molecular weight excluding hydrogens is 298 g/mol. The number of carbonyl (C=O) groups is 4. The number of anilines is 1. The van der Waals surface area contributed by atoms with E-state index in [9.17, 15) is 19.2 Å². The lowest BCUT2D eigenvalue weighted by molar-refractivity contribution is -0.144. The van der Waals surface area contributed by atoms with E-state index >= 15 is 0 Å². The van der Waals surface area contributed by atoms with E-state index < -0.39 is 36.3 Å². The van der Waals surface area contributed by atoms with Gasteiger partial charge in [-0.15, -0.1) is 0 Å². The standard InChI is InChI=1S/C16H19N3O4/c1-4-11-7-5-6-8-12(11)17-13(20)9-18-14(21)15(22)19(10(2)3)16(18)23/h5-8,10H,4,9H2,1-3H3,(H,17,20). The number of rotatable bonds is 5. The molecule has 1 aromatic carbocycles. The molecule has 1 aliphatic heterocycles. The van der Waals surface area contributed by atoms with E-state index in [4.69, 9.17) is 0 Å². The number of amides is 5. The van der Waals surface area contributed by atoms with Gasteiger partial charge in [0, 0.05) is 11.7 Å². The summed E-state index contributed by atoms with van der Waals surface area (Å²) in [4.78, 5) is 49.4. The van der Waals surface area contributed by atoms with Crippen LogP contribution in [0.2, 0.25) is 0 Å². The molecule has 0 aromatic heterocycles. The average Bonchev–Trinajstić information content (AvgIpc) is 2.71. The van der Waals surface area contributed by atoms with Gasteiger partial charge in [0.05, 0.1) is 0 Å². The highest BCUT2D eigenvalue weighted by Crippen LogP contribution is 2.17. The molecule has 7 heteroatoms. The summed E-state index contributed by atoms with van der Waals surface area (Å²) >= 11 is 0. The van der Waals surface area contributed by atoms with Crippen LogP contribution in [0.3, 0.4) is 0 Å². The van der Waals surface area contributed by atoms with E-state index in [2.05, 4.69) is 5.32 Å². The highest BCUT2D eigenvalue weighted by atomic mass is 16.2. The van der Waals surface area contributed by atoms with E-state index in [1.54, 1.807) is 26.0 Å². The lowest BCUT2D eigenvalue weighted by Gasteiger charge is -2.18. The molecule has 23 heavy (non-hydrogen) atoms. The molecular formula is C16H19N3O4. The van der Waals surface area contributed by atoms with Gasteiger partial charge in [-0.25, -0.2) is 9.69 Å². The number of imide groups is 2. The van der Waals surface area contributed by atoms with Gasteiger partial charge in [-0.1, -0.05) is 25.1 Å². The van der Waals surface area contributed by atoms with Gasteiger partial charge < -0.3 is 5.32 Å². The average molecular weight is 317 g/mol. The Morgan fingerprint density at radius 3 is 2.35 bits per heavy atom. The summed E-state index contributed by atoms with van der Waals surface area (Å²) in [6.45, 7) is 4.73. The summed E-state index contributed by atoms with van der Waals surface area (Å²) < 4.78 is 0. The van der Waals surface area contributed by atoms with Gasteiger partial charge in [-0.05, 0) is 31.9 Å². The second-order valence-electron chi connectivity index (χ2n) is 5.50. The lowest BCUT2D eigenvalue weighted by atomic mass is 10.1. The topological polar surface area (TPSA) is 86.8 Å². The van der Waals surface area contributed by atoms with Gasteiger partial charge in [0.1, 0.15) is 6.54 Å². The Balaban J connectivity index is 2.10. The maximum atomic E-state index is 12.1. The Kier molecular flexibility index (Phi) is 4.78. The van der Waals surface area contributed by atoms with E-state index in [0.29, 0.717) is 10.6 Å². The molecule has 0 radical (unpaired) electrons. The molecule has 0 spiro atoms. The third-order valence-corrected chi connectivity index (χ3v) is 3.57. The minimum atomic E-state index is -0.970.